The number of nitrogens with two attached hydrogens (primary N) is 1. The van der Waals surface area contributed by atoms with Crippen LogP contribution in [0.2, 0.25) is 0 Å². The van der Waals surface area contributed by atoms with E-state index in [1.54, 1.807) is 6.08 Å². The van der Waals surface area contributed by atoms with Crippen LogP contribution in [0.4, 0.5) is 5.69 Å². The lowest BCUT2D eigenvalue weighted by Gasteiger charge is -2.01. The number of carboxylic acid groups (broad SMARTS) is 1. The summed E-state index contributed by atoms with van der Waals surface area (Å²) in [5.74, 6) is -0.997. The highest BCUT2D eigenvalue weighted by molar-refractivity contribution is 5.89. The molecule has 0 saturated carbocycles. The van der Waals surface area contributed by atoms with E-state index >= 15 is 0 Å². The minimum Gasteiger partial charge on any atom is -0.478 e. The summed E-state index contributed by atoms with van der Waals surface area (Å²) in [7, 11) is 0. The molecule has 0 aliphatic carbocycles. The SMILES string of the molecule is Nc1ccc(C(=O)O)cc1C=CCO. The second-order valence-electron chi connectivity index (χ2n) is 2.73. The predicted octanol–water partition coefficient (Wildman–Crippen LogP) is 0.973. The minimum absolute atomic E-state index is 0.100. The Hall–Kier alpha value is -1.81. The van der Waals surface area contributed by atoms with Crippen molar-refractivity contribution < 1.29 is 15.0 Å². The maximum absolute atomic E-state index is 10.6. The number of hydrogen-bond acceptors (Lipinski definition) is 3. The number of anilines is 1. The molecule has 14 heavy (non-hydrogen) atoms. The van der Waals surface area contributed by atoms with Crippen molar-refractivity contribution in [1.82, 2.24) is 0 Å². The molecule has 4 nitrogen and oxygen atoms in total. The van der Waals surface area contributed by atoms with Crippen molar-refractivity contribution in [2.45, 2.75) is 0 Å². The summed E-state index contributed by atoms with van der Waals surface area (Å²) in [6, 6.07) is 4.43. The number of carboxylic acids is 1. The molecule has 74 valence electrons. The third-order valence-corrected chi connectivity index (χ3v) is 1.74. The van der Waals surface area contributed by atoms with Gasteiger partial charge in [0.05, 0.1) is 12.2 Å². The molecule has 4 heteroatoms. The number of carbonyl (C=O) groups is 1. The molecule has 0 saturated heterocycles. The third-order valence-electron chi connectivity index (χ3n) is 1.74. The first-order chi connectivity index (χ1) is 6.65. The Labute approximate surface area is 81.3 Å². The summed E-state index contributed by atoms with van der Waals surface area (Å²) < 4.78 is 0. The second-order valence-corrected chi connectivity index (χ2v) is 2.73. The number of aromatic carboxylic acids is 1. The van der Waals surface area contributed by atoms with Crippen LogP contribution in [0, 0.1) is 0 Å². The lowest BCUT2D eigenvalue weighted by Crippen LogP contribution is -1.98. The zero-order valence-corrected chi connectivity index (χ0v) is 7.47. The van der Waals surface area contributed by atoms with Crippen LogP contribution >= 0.6 is 0 Å². The molecule has 0 aliphatic rings. The second kappa shape index (κ2) is 4.43. The fourth-order valence-corrected chi connectivity index (χ4v) is 1.03. The lowest BCUT2D eigenvalue weighted by atomic mass is 10.1. The van der Waals surface area contributed by atoms with E-state index in [4.69, 9.17) is 15.9 Å². The van der Waals surface area contributed by atoms with Crippen LogP contribution in [0.15, 0.2) is 24.3 Å². The molecule has 0 radical (unpaired) electrons. The van der Waals surface area contributed by atoms with Crippen LogP contribution in [0.25, 0.3) is 6.08 Å². The molecule has 0 fully saturated rings. The van der Waals surface area contributed by atoms with Gasteiger partial charge in [-0.2, -0.15) is 0 Å². The van der Waals surface area contributed by atoms with E-state index in [0.717, 1.165) is 0 Å². The smallest absolute Gasteiger partial charge is 0.335 e. The standard InChI is InChI=1S/C10H11NO3/c11-9-4-3-8(10(13)14)6-7(9)2-1-5-12/h1-4,6,12H,5,11H2,(H,13,14). The van der Waals surface area contributed by atoms with E-state index in [0.29, 0.717) is 11.3 Å². The van der Waals surface area contributed by atoms with Gasteiger partial charge in [-0.15, -0.1) is 0 Å². The largest absolute Gasteiger partial charge is 0.478 e. The van der Waals surface area contributed by atoms with Crippen molar-refractivity contribution in [2.75, 3.05) is 12.3 Å². The molecule has 0 spiro atoms. The van der Waals surface area contributed by atoms with Gasteiger partial charge >= 0.3 is 5.97 Å². The van der Waals surface area contributed by atoms with Gasteiger partial charge < -0.3 is 15.9 Å². The normalized spacial score (nSPS) is 10.6. The summed E-state index contributed by atoms with van der Waals surface area (Å²) in [6.45, 7) is -0.100. The summed E-state index contributed by atoms with van der Waals surface area (Å²) in [5, 5.41) is 17.3. The zero-order valence-electron chi connectivity index (χ0n) is 7.47. The van der Waals surface area contributed by atoms with Gasteiger partial charge in [-0.05, 0) is 23.8 Å². The van der Waals surface area contributed by atoms with Gasteiger partial charge in [0, 0.05) is 5.69 Å². The molecular formula is C10H11NO3. The summed E-state index contributed by atoms with van der Waals surface area (Å²) >= 11 is 0. The zero-order chi connectivity index (χ0) is 10.6. The van der Waals surface area contributed by atoms with Gasteiger partial charge in [-0.1, -0.05) is 12.2 Å². The van der Waals surface area contributed by atoms with Crippen molar-refractivity contribution >= 4 is 17.7 Å². The Morgan fingerprint density at radius 3 is 2.79 bits per heavy atom. The van der Waals surface area contributed by atoms with E-state index in [-0.39, 0.29) is 12.2 Å². The monoisotopic (exact) mass is 193 g/mol. The molecule has 4 N–H and O–H groups in total. The molecule has 0 amide bonds. The van der Waals surface area contributed by atoms with Gasteiger partial charge in [0.25, 0.3) is 0 Å². The van der Waals surface area contributed by atoms with Crippen molar-refractivity contribution in [3.63, 3.8) is 0 Å². The van der Waals surface area contributed by atoms with Crippen LogP contribution in [0.5, 0.6) is 0 Å². The van der Waals surface area contributed by atoms with Gasteiger partial charge in [0.2, 0.25) is 0 Å². The molecule has 0 aromatic heterocycles. The fraction of sp³-hybridized carbons (Fsp3) is 0.100. The first-order valence-corrected chi connectivity index (χ1v) is 4.05. The molecule has 1 aromatic rings. The Balaban J connectivity index is 3.08. The Bertz CT molecular complexity index is 372. The first-order valence-electron chi connectivity index (χ1n) is 4.05. The summed E-state index contributed by atoms with van der Waals surface area (Å²) in [5.41, 5.74) is 6.86. The van der Waals surface area contributed by atoms with E-state index in [1.807, 2.05) is 0 Å². The highest BCUT2D eigenvalue weighted by atomic mass is 16.4. The van der Waals surface area contributed by atoms with Crippen molar-refractivity contribution in [1.29, 1.82) is 0 Å². The van der Waals surface area contributed by atoms with Gasteiger partial charge in [-0.3, -0.25) is 0 Å². The number of aliphatic hydroxyl groups excluding tert-OH is 1. The Morgan fingerprint density at radius 1 is 1.50 bits per heavy atom. The van der Waals surface area contributed by atoms with E-state index < -0.39 is 5.97 Å². The van der Waals surface area contributed by atoms with Crippen molar-refractivity contribution in [3.8, 4) is 0 Å². The Kier molecular flexibility index (Phi) is 3.25. The number of hydrogen-bond donors (Lipinski definition) is 3. The number of aliphatic hydroxyl groups is 1. The number of rotatable bonds is 3. The molecule has 0 bridgehead atoms. The number of nitrogen functional groups attached to an aromatic ring is 1. The van der Waals surface area contributed by atoms with Crippen LogP contribution in [-0.2, 0) is 0 Å². The van der Waals surface area contributed by atoms with Crippen molar-refractivity contribution in [3.05, 3.63) is 35.4 Å². The average molecular weight is 193 g/mol. The maximum Gasteiger partial charge on any atom is 0.335 e. The number of benzene rings is 1. The van der Waals surface area contributed by atoms with Crippen LogP contribution in [-0.4, -0.2) is 22.8 Å². The highest BCUT2D eigenvalue weighted by Gasteiger charge is 2.04. The molecule has 0 heterocycles. The molecule has 0 unspecified atom stereocenters. The van der Waals surface area contributed by atoms with Crippen molar-refractivity contribution in [2.24, 2.45) is 0 Å². The Morgan fingerprint density at radius 2 is 2.21 bits per heavy atom. The van der Waals surface area contributed by atoms with Gasteiger partial charge in [-0.25, -0.2) is 4.79 Å². The van der Waals surface area contributed by atoms with Crippen LogP contribution < -0.4 is 5.73 Å². The third kappa shape index (κ3) is 2.34. The summed E-state index contributed by atoms with van der Waals surface area (Å²) in [6.07, 6.45) is 3.08. The van der Waals surface area contributed by atoms with Gasteiger partial charge in [0.1, 0.15) is 0 Å². The maximum atomic E-state index is 10.6. The molecule has 1 rings (SSSR count). The molecular weight excluding hydrogens is 182 g/mol. The lowest BCUT2D eigenvalue weighted by molar-refractivity contribution is 0.0697. The van der Waals surface area contributed by atoms with E-state index in [9.17, 15) is 4.79 Å². The van der Waals surface area contributed by atoms with Crippen LogP contribution in [0.1, 0.15) is 15.9 Å². The predicted molar refractivity (Wildman–Crippen MR) is 53.9 cm³/mol. The minimum atomic E-state index is -0.997. The molecule has 1 aromatic carbocycles. The fourth-order valence-electron chi connectivity index (χ4n) is 1.03. The molecule has 0 aliphatic heterocycles. The average Bonchev–Trinajstić information content (AvgIpc) is 2.16. The van der Waals surface area contributed by atoms with E-state index in [1.165, 1.54) is 24.3 Å². The molecule has 0 atom stereocenters. The topological polar surface area (TPSA) is 83.6 Å². The van der Waals surface area contributed by atoms with Crippen LogP contribution in [0.3, 0.4) is 0 Å². The van der Waals surface area contributed by atoms with E-state index in [2.05, 4.69) is 0 Å². The quantitative estimate of drug-likeness (QED) is 0.624. The first kappa shape index (κ1) is 10.3. The van der Waals surface area contributed by atoms with Gasteiger partial charge in [0.15, 0.2) is 0 Å². The summed E-state index contributed by atoms with van der Waals surface area (Å²) in [4.78, 5) is 10.6. The highest BCUT2D eigenvalue weighted by Crippen LogP contribution is 2.15.